The van der Waals surface area contributed by atoms with Gasteiger partial charge in [-0.3, -0.25) is 9.78 Å². The zero-order valence-corrected chi connectivity index (χ0v) is 21.9. The molecule has 208 valence electrons. The first kappa shape index (κ1) is 28.1. The number of nitrogens with zero attached hydrogens (tertiary/aromatic N) is 4. The SMILES string of the molecule is CC(C)(C)OC(=O)N1C[C@H]2CC(Nc3ccc(-c4cnccc4C(F)(F)F)nn3)C[C@H]2C1.O=Cc1ccc[nH]1. The fraction of sp³-hybridized carbons (Fsp3) is 0.444. The van der Waals surface area contributed by atoms with Gasteiger partial charge in [-0.2, -0.15) is 13.2 Å². The summed E-state index contributed by atoms with van der Waals surface area (Å²) in [4.78, 5) is 30.4. The zero-order valence-electron chi connectivity index (χ0n) is 21.9. The van der Waals surface area contributed by atoms with Crippen LogP contribution in [0.1, 0.15) is 49.7 Å². The molecule has 3 atom stereocenters. The van der Waals surface area contributed by atoms with Gasteiger partial charge in [0.1, 0.15) is 11.4 Å². The molecule has 0 radical (unpaired) electrons. The number of nitrogens with one attached hydrogen (secondary N) is 2. The highest BCUT2D eigenvalue weighted by atomic mass is 19.4. The lowest BCUT2D eigenvalue weighted by molar-refractivity contribution is -0.137. The number of pyridine rings is 1. The van der Waals surface area contributed by atoms with E-state index in [-0.39, 0.29) is 23.4 Å². The number of rotatable bonds is 4. The van der Waals surface area contributed by atoms with Gasteiger partial charge >= 0.3 is 12.3 Å². The molecule has 1 saturated carbocycles. The molecule has 3 aromatic rings. The molecule has 2 fully saturated rings. The maximum Gasteiger partial charge on any atom is 0.417 e. The number of halogens is 3. The molecule has 1 aliphatic carbocycles. The predicted octanol–water partition coefficient (Wildman–Crippen LogP) is 5.44. The fourth-order valence-corrected chi connectivity index (χ4v) is 4.92. The third-order valence-corrected chi connectivity index (χ3v) is 6.57. The maximum atomic E-state index is 13.2. The summed E-state index contributed by atoms with van der Waals surface area (Å²) in [5, 5.41) is 11.4. The summed E-state index contributed by atoms with van der Waals surface area (Å²) in [5.41, 5.74) is -0.662. The van der Waals surface area contributed by atoms with Gasteiger partial charge in [0, 0.05) is 43.3 Å². The number of hydrogen-bond donors (Lipinski definition) is 2. The van der Waals surface area contributed by atoms with Gasteiger partial charge in [-0.15, -0.1) is 10.2 Å². The minimum atomic E-state index is -4.49. The molecule has 4 heterocycles. The number of anilines is 1. The van der Waals surface area contributed by atoms with Crippen molar-refractivity contribution in [1.29, 1.82) is 0 Å². The molecular formula is C27H31F3N6O3. The molecule has 0 aromatic carbocycles. The summed E-state index contributed by atoms with van der Waals surface area (Å²) in [6, 6.07) is 7.76. The van der Waals surface area contributed by atoms with Gasteiger partial charge in [0.05, 0.1) is 17.0 Å². The van der Waals surface area contributed by atoms with E-state index in [0.29, 0.717) is 36.4 Å². The standard InChI is InChI=1S/C22H26F3N5O2.C5H5NO/c1-21(2,3)32-20(31)30-11-13-8-15(9-14(13)12-30)27-19-5-4-18(28-29-19)16-10-26-7-6-17(16)22(23,24)25;7-4-5-2-1-3-6-5/h4-7,10,13-15H,8-9,11-12H2,1-3H3,(H,27,29);1-4,6H/t13-,14+,15?;. The van der Waals surface area contributed by atoms with E-state index in [0.717, 1.165) is 37.6 Å². The highest BCUT2D eigenvalue weighted by molar-refractivity contribution is 5.71. The number of fused-ring (bicyclic) bond motifs is 1. The van der Waals surface area contributed by atoms with E-state index in [2.05, 4.69) is 25.5 Å². The fourth-order valence-electron chi connectivity index (χ4n) is 4.92. The van der Waals surface area contributed by atoms with Crippen molar-refractivity contribution in [1.82, 2.24) is 25.1 Å². The van der Waals surface area contributed by atoms with Gasteiger partial charge in [0.2, 0.25) is 0 Å². The van der Waals surface area contributed by atoms with Crippen molar-refractivity contribution in [3.63, 3.8) is 0 Å². The van der Waals surface area contributed by atoms with Crippen LogP contribution in [0.15, 0.2) is 48.9 Å². The van der Waals surface area contributed by atoms with Crippen molar-refractivity contribution < 1.29 is 27.5 Å². The van der Waals surface area contributed by atoms with E-state index in [1.54, 1.807) is 29.3 Å². The van der Waals surface area contributed by atoms with Crippen LogP contribution in [0.3, 0.4) is 0 Å². The number of carbonyl (C=O) groups excluding carboxylic acids is 2. The Morgan fingerprint density at radius 3 is 2.33 bits per heavy atom. The van der Waals surface area contributed by atoms with Crippen LogP contribution >= 0.6 is 0 Å². The van der Waals surface area contributed by atoms with Crippen LogP contribution in [-0.4, -0.2) is 62.2 Å². The lowest BCUT2D eigenvalue weighted by Crippen LogP contribution is -2.36. The Kier molecular flexibility index (Phi) is 8.22. The van der Waals surface area contributed by atoms with Crippen molar-refractivity contribution >= 4 is 18.2 Å². The van der Waals surface area contributed by atoms with E-state index in [4.69, 9.17) is 4.74 Å². The molecule has 0 bridgehead atoms. The number of carbonyl (C=O) groups is 2. The molecule has 1 saturated heterocycles. The quantitative estimate of drug-likeness (QED) is 0.421. The first-order chi connectivity index (χ1) is 18.4. The molecule has 2 aliphatic rings. The second-order valence-corrected chi connectivity index (χ2v) is 10.7. The van der Waals surface area contributed by atoms with E-state index in [1.165, 1.54) is 6.07 Å². The summed E-state index contributed by atoms with van der Waals surface area (Å²) in [6.45, 7) is 6.90. The van der Waals surface area contributed by atoms with E-state index in [1.807, 2.05) is 20.8 Å². The van der Waals surface area contributed by atoms with Crippen LogP contribution in [0.2, 0.25) is 0 Å². The van der Waals surface area contributed by atoms with Gasteiger partial charge in [0.15, 0.2) is 6.29 Å². The zero-order chi connectivity index (χ0) is 28.2. The van der Waals surface area contributed by atoms with Gasteiger partial charge < -0.3 is 19.9 Å². The van der Waals surface area contributed by atoms with Crippen molar-refractivity contribution in [2.24, 2.45) is 11.8 Å². The summed E-state index contributed by atoms with van der Waals surface area (Å²) in [5.74, 6) is 1.29. The Hall–Kier alpha value is -3.96. The highest BCUT2D eigenvalue weighted by Gasteiger charge is 2.43. The number of ether oxygens (including phenoxy) is 1. The Bertz CT molecular complexity index is 1250. The number of alkyl halides is 3. The Morgan fingerprint density at radius 2 is 1.82 bits per heavy atom. The van der Waals surface area contributed by atoms with Crippen molar-refractivity contribution in [2.45, 2.75) is 51.4 Å². The van der Waals surface area contributed by atoms with Crippen LogP contribution in [-0.2, 0) is 10.9 Å². The second kappa shape index (κ2) is 11.4. The molecule has 3 aromatic heterocycles. The summed E-state index contributed by atoms with van der Waals surface area (Å²) in [7, 11) is 0. The number of aldehydes is 1. The average Bonchev–Trinajstić information content (AvgIpc) is 3.60. The number of H-pyrrole nitrogens is 1. The van der Waals surface area contributed by atoms with E-state index >= 15 is 0 Å². The van der Waals surface area contributed by atoms with Crippen LogP contribution in [0, 0.1) is 11.8 Å². The van der Waals surface area contributed by atoms with Crippen LogP contribution in [0.25, 0.3) is 11.3 Å². The molecule has 0 spiro atoms. The summed E-state index contributed by atoms with van der Waals surface area (Å²) in [6.07, 6.45) is 1.75. The van der Waals surface area contributed by atoms with Crippen molar-refractivity contribution in [2.75, 3.05) is 18.4 Å². The molecule has 1 aliphatic heterocycles. The van der Waals surface area contributed by atoms with Crippen LogP contribution in [0.5, 0.6) is 0 Å². The molecule has 1 amide bonds. The molecule has 5 rings (SSSR count). The molecular weight excluding hydrogens is 513 g/mol. The molecule has 1 unspecified atom stereocenters. The smallest absolute Gasteiger partial charge is 0.417 e. The maximum absolute atomic E-state index is 13.2. The first-order valence-electron chi connectivity index (χ1n) is 12.6. The lowest BCUT2D eigenvalue weighted by atomic mass is 10.0. The predicted molar refractivity (Wildman–Crippen MR) is 138 cm³/mol. The summed E-state index contributed by atoms with van der Waals surface area (Å²) < 4.78 is 45.2. The summed E-state index contributed by atoms with van der Waals surface area (Å²) >= 11 is 0. The minimum Gasteiger partial charge on any atom is -0.444 e. The van der Waals surface area contributed by atoms with Crippen LogP contribution < -0.4 is 5.32 Å². The van der Waals surface area contributed by atoms with E-state index in [9.17, 15) is 22.8 Å². The third kappa shape index (κ3) is 7.33. The number of likely N-dealkylation sites (tertiary alicyclic amines) is 1. The van der Waals surface area contributed by atoms with Crippen molar-refractivity contribution in [3.8, 4) is 11.3 Å². The molecule has 39 heavy (non-hydrogen) atoms. The minimum absolute atomic E-state index is 0.100. The van der Waals surface area contributed by atoms with Gasteiger partial charge in [-0.05, 0) is 75.8 Å². The average molecular weight is 545 g/mol. The second-order valence-electron chi connectivity index (χ2n) is 10.7. The normalized spacial score (nSPS) is 20.6. The number of hydrogen-bond acceptors (Lipinski definition) is 7. The van der Waals surface area contributed by atoms with Gasteiger partial charge in [0.25, 0.3) is 0 Å². The molecule has 2 N–H and O–H groups in total. The monoisotopic (exact) mass is 544 g/mol. The van der Waals surface area contributed by atoms with Gasteiger partial charge in [-0.1, -0.05) is 0 Å². The van der Waals surface area contributed by atoms with Crippen LogP contribution in [0.4, 0.5) is 23.8 Å². The molecule has 9 nitrogen and oxygen atoms in total. The van der Waals surface area contributed by atoms with Crippen molar-refractivity contribution in [3.05, 3.63) is 60.2 Å². The Morgan fingerprint density at radius 1 is 1.10 bits per heavy atom. The number of aromatic amines is 1. The van der Waals surface area contributed by atoms with E-state index < -0.39 is 17.3 Å². The lowest BCUT2D eigenvalue weighted by Gasteiger charge is -2.25. The highest BCUT2D eigenvalue weighted by Crippen LogP contribution is 2.40. The number of aromatic nitrogens is 4. The van der Waals surface area contributed by atoms with Gasteiger partial charge in [-0.25, -0.2) is 4.79 Å². The number of amides is 1. The Labute approximate surface area is 224 Å². The third-order valence-electron chi connectivity index (χ3n) is 6.57. The topological polar surface area (TPSA) is 113 Å². The molecule has 12 heteroatoms. The first-order valence-corrected chi connectivity index (χ1v) is 12.6. The largest absolute Gasteiger partial charge is 0.444 e. The Balaban J connectivity index is 0.000000438.